The van der Waals surface area contributed by atoms with Gasteiger partial charge in [-0.15, -0.1) is 0 Å². The summed E-state index contributed by atoms with van der Waals surface area (Å²) in [5.41, 5.74) is 0.483. The molecule has 0 aromatic heterocycles. The number of thioether (sulfide) groups is 1. The lowest BCUT2D eigenvalue weighted by Crippen LogP contribution is -2.27. The maximum atomic E-state index is 13.5. The zero-order chi connectivity index (χ0) is 17.7. The lowest BCUT2D eigenvalue weighted by Gasteiger charge is -2.08. The second-order valence-corrected chi connectivity index (χ2v) is 7.56. The van der Waals surface area contributed by atoms with Gasteiger partial charge in [-0.3, -0.25) is 0 Å². The van der Waals surface area contributed by atoms with Crippen LogP contribution in [0.5, 0.6) is 0 Å². The molecule has 9 heteroatoms. The van der Waals surface area contributed by atoms with Crippen molar-refractivity contribution in [3.05, 3.63) is 65.2 Å². The third-order valence-electron chi connectivity index (χ3n) is 3.04. The molecule has 0 radical (unpaired) electrons. The van der Waals surface area contributed by atoms with Crippen molar-refractivity contribution in [3.8, 4) is 0 Å². The molecule has 24 heavy (non-hydrogen) atoms. The molecule has 130 valence electrons. The lowest BCUT2D eigenvalue weighted by molar-refractivity contribution is 0.431. The molecule has 0 aliphatic rings. The normalized spacial score (nSPS) is 11.7. The molecule has 1 N–H and O–H groups in total. The van der Waals surface area contributed by atoms with Gasteiger partial charge in [0.1, 0.15) is 10.7 Å². The Hall–Kier alpha value is -1.58. The molecule has 0 unspecified atom stereocenters. The van der Waals surface area contributed by atoms with Crippen LogP contribution in [-0.2, 0) is 15.8 Å². The summed E-state index contributed by atoms with van der Waals surface area (Å²) >= 11 is 1.27. The molecule has 0 saturated carbocycles. The van der Waals surface area contributed by atoms with E-state index in [0.29, 0.717) is 29.2 Å². The topological polar surface area (TPSA) is 46.2 Å². The minimum Gasteiger partial charge on any atom is -0.210 e. The van der Waals surface area contributed by atoms with Crippen LogP contribution in [0.3, 0.4) is 0 Å². The van der Waals surface area contributed by atoms with Gasteiger partial charge in [-0.2, -0.15) is 11.8 Å². The first-order valence-electron chi connectivity index (χ1n) is 6.77. The van der Waals surface area contributed by atoms with Crippen molar-refractivity contribution in [1.82, 2.24) is 4.72 Å². The Morgan fingerprint density at radius 3 is 2.33 bits per heavy atom. The number of rotatable bonds is 7. The van der Waals surface area contributed by atoms with Crippen LogP contribution in [0.25, 0.3) is 0 Å². The van der Waals surface area contributed by atoms with Crippen molar-refractivity contribution in [1.29, 1.82) is 0 Å². The van der Waals surface area contributed by atoms with E-state index in [1.54, 1.807) is 18.2 Å². The summed E-state index contributed by atoms with van der Waals surface area (Å²) in [5.74, 6) is -4.79. The summed E-state index contributed by atoms with van der Waals surface area (Å²) < 4.78 is 78.7. The number of hydrogen-bond donors (Lipinski definition) is 1. The fourth-order valence-electron chi connectivity index (χ4n) is 1.84. The van der Waals surface area contributed by atoms with Crippen molar-refractivity contribution in [2.24, 2.45) is 0 Å². The number of benzene rings is 2. The molecule has 0 heterocycles. The largest absolute Gasteiger partial charge is 0.243 e. The van der Waals surface area contributed by atoms with E-state index < -0.39 is 32.4 Å². The summed E-state index contributed by atoms with van der Waals surface area (Å²) in [4.78, 5) is -0.958. The number of nitrogens with one attached hydrogen (secondary N) is 1. The average Bonchev–Trinajstić information content (AvgIpc) is 2.53. The van der Waals surface area contributed by atoms with Crippen molar-refractivity contribution in [2.75, 3.05) is 12.3 Å². The molecule has 0 amide bonds. The van der Waals surface area contributed by atoms with E-state index in [0.717, 1.165) is 0 Å². The van der Waals surface area contributed by atoms with Crippen molar-refractivity contribution in [2.45, 2.75) is 10.6 Å². The SMILES string of the molecule is O=S(=O)(NCCSCc1ccccc1F)c1ccc(F)c(F)c1F. The fourth-order valence-corrected chi connectivity index (χ4v) is 3.91. The van der Waals surface area contributed by atoms with Gasteiger partial charge >= 0.3 is 0 Å². The van der Waals surface area contributed by atoms with E-state index in [1.807, 2.05) is 0 Å². The maximum absolute atomic E-state index is 13.5. The van der Waals surface area contributed by atoms with E-state index in [-0.39, 0.29) is 12.4 Å². The molecular formula is C15H13F4NO2S2. The summed E-state index contributed by atoms with van der Waals surface area (Å²) in [6.07, 6.45) is 0. The summed E-state index contributed by atoms with van der Waals surface area (Å²) in [6, 6.07) is 7.39. The Labute approximate surface area is 141 Å². The highest BCUT2D eigenvalue weighted by Gasteiger charge is 2.23. The third-order valence-corrected chi connectivity index (χ3v) is 5.53. The second kappa shape index (κ2) is 8.00. The number of halogens is 4. The van der Waals surface area contributed by atoms with Gasteiger partial charge < -0.3 is 0 Å². The molecule has 0 aliphatic carbocycles. The molecule has 2 aromatic rings. The van der Waals surface area contributed by atoms with Crippen molar-refractivity contribution in [3.63, 3.8) is 0 Å². The van der Waals surface area contributed by atoms with E-state index in [4.69, 9.17) is 0 Å². The molecule has 2 aromatic carbocycles. The highest BCUT2D eigenvalue weighted by atomic mass is 32.2. The van der Waals surface area contributed by atoms with Crippen LogP contribution in [0, 0.1) is 23.3 Å². The lowest BCUT2D eigenvalue weighted by atomic mass is 10.2. The molecule has 0 spiro atoms. The summed E-state index contributed by atoms with van der Waals surface area (Å²) in [5, 5.41) is 0. The Bertz CT molecular complexity index is 828. The zero-order valence-electron chi connectivity index (χ0n) is 12.2. The molecule has 0 bridgehead atoms. The highest BCUT2D eigenvalue weighted by molar-refractivity contribution is 7.98. The average molecular weight is 379 g/mol. The molecule has 0 atom stereocenters. The minimum absolute atomic E-state index is 0.0696. The predicted molar refractivity (Wildman–Crippen MR) is 84.1 cm³/mol. The van der Waals surface area contributed by atoms with Gasteiger partial charge in [-0.05, 0) is 23.8 Å². The van der Waals surface area contributed by atoms with Crippen LogP contribution in [-0.4, -0.2) is 20.7 Å². The standard InChI is InChI=1S/C15H13F4NO2S2/c16-11-4-2-1-3-10(11)9-23-8-7-20-24(21,22)13-6-5-12(17)14(18)15(13)19/h1-6,20H,7-9H2. The second-order valence-electron chi connectivity index (χ2n) is 4.72. The van der Waals surface area contributed by atoms with Crippen LogP contribution < -0.4 is 4.72 Å². The summed E-state index contributed by atoms with van der Waals surface area (Å²) in [6.45, 7) is -0.0696. The van der Waals surface area contributed by atoms with Crippen LogP contribution in [0.15, 0.2) is 41.3 Å². The molecule has 3 nitrogen and oxygen atoms in total. The van der Waals surface area contributed by atoms with Gasteiger partial charge in [0.2, 0.25) is 10.0 Å². The van der Waals surface area contributed by atoms with Crippen LogP contribution in [0.4, 0.5) is 17.6 Å². The number of hydrogen-bond acceptors (Lipinski definition) is 3. The van der Waals surface area contributed by atoms with Gasteiger partial charge in [0.15, 0.2) is 17.5 Å². The van der Waals surface area contributed by atoms with E-state index in [2.05, 4.69) is 4.72 Å². The first kappa shape index (κ1) is 18.8. The van der Waals surface area contributed by atoms with E-state index >= 15 is 0 Å². The Morgan fingerprint density at radius 1 is 0.917 bits per heavy atom. The van der Waals surface area contributed by atoms with E-state index in [1.165, 1.54) is 17.8 Å². The first-order chi connectivity index (χ1) is 11.3. The molecule has 0 fully saturated rings. The Balaban J connectivity index is 1.90. The fraction of sp³-hybridized carbons (Fsp3) is 0.200. The quantitative estimate of drug-likeness (QED) is 0.455. The van der Waals surface area contributed by atoms with Gasteiger partial charge in [0.05, 0.1) is 0 Å². The van der Waals surface area contributed by atoms with Crippen molar-refractivity contribution < 1.29 is 26.0 Å². The summed E-state index contributed by atoms with van der Waals surface area (Å²) in [7, 11) is -4.30. The third kappa shape index (κ3) is 4.49. The zero-order valence-corrected chi connectivity index (χ0v) is 13.9. The van der Waals surface area contributed by atoms with Gasteiger partial charge in [-0.1, -0.05) is 18.2 Å². The molecular weight excluding hydrogens is 366 g/mol. The predicted octanol–water partition coefficient (Wildman–Crippen LogP) is 3.45. The van der Waals surface area contributed by atoms with Gasteiger partial charge in [0.25, 0.3) is 0 Å². The highest BCUT2D eigenvalue weighted by Crippen LogP contribution is 2.20. The monoisotopic (exact) mass is 379 g/mol. The number of sulfonamides is 1. The first-order valence-corrected chi connectivity index (χ1v) is 9.41. The van der Waals surface area contributed by atoms with Crippen LogP contribution in [0.2, 0.25) is 0 Å². The Morgan fingerprint density at radius 2 is 1.62 bits per heavy atom. The Kier molecular flexibility index (Phi) is 6.25. The molecule has 0 aliphatic heterocycles. The maximum Gasteiger partial charge on any atom is 0.243 e. The van der Waals surface area contributed by atoms with E-state index in [9.17, 15) is 26.0 Å². The van der Waals surface area contributed by atoms with Gasteiger partial charge in [0, 0.05) is 18.1 Å². The van der Waals surface area contributed by atoms with Gasteiger partial charge in [-0.25, -0.2) is 30.7 Å². The molecule has 0 saturated heterocycles. The minimum atomic E-state index is -4.30. The van der Waals surface area contributed by atoms with Crippen LogP contribution >= 0.6 is 11.8 Å². The smallest absolute Gasteiger partial charge is 0.210 e. The van der Waals surface area contributed by atoms with Crippen molar-refractivity contribution >= 4 is 21.8 Å². The van der Waals surface area contributed by atoms with Crippen LogP contribution in [0.1, 0.15) is 5.56 Å². The molecule has 2 rings (SSSR count).